The number of benzene rings is 1. The lowest BCUT2D eigenvalue weighted by Gasteiger charge is -2.25. The Balaban J connectivity index is 1.36. The van der Waals surface area contributed by atoms with E-state index in [1.54, 1.807) is 24.8 Å². The van der Waals surface area contributed by atoms with Crippen molar-refractivity contribution in [2.24, 2.45) is 0 Å². The number of imidazole rings is 1. The minimum Gasteiger partial charge on any atom is -0.439 e. The third-order valence-electron chi connectivity index (χ3n) is 5.31. The summed E-state index contributed by atoms with van der Waals surface area (Å²) < 4.78 is 7.82. The van der Waals surface area contributed by atoms with Gasteiger partial charge in [0, 0.05) is 31.5 Å². The Morgan fingerprint density at radius 3 is 2.86 bits per heavy atom. The van der Waals surface area contributed by atoms with Crippen molar-refractivity contribution in [1.82, 2.24) is 19.4 Å². The van der Waals surface area contributed by atoms with E-state index in [-0.39, 0.29) is 12.1 Å². The van der Waals surface area contributed by atoms with Crippen molar-refractivity contribution >= 4 is 11.7 Å². The number of ether oxygens (including phenoxy) is 1. The fourth-order valence-electron chi connectivity index (χ4n) is 3.54. The highest BCUT2D eigenvalue weighted by atomic mass is 16.5. The van der Waals surface area contributed by atoms with Crippen molar-refractivity contribution in [3.05, 3.63) is 66.4 Å². The first-order valence-electron chi connectivity index (χ1n) is 9.83. The maximum Gasteiger partial charge on any atom is 0.322 e. The fraction of sp³-hybridized carbons (Fsp3) is 0.318. The molecule has 2 amide bonds. The lowest BCUT2D eigenvalue weighted by molar-refractivity contribution is 0.201. The Morgan fingerprint density at radius 2 is 2.14 bits per heavy atom. The second-order valence-corrected chi connectivity index (χ2v) is 7.41. The molecule has 29 heavy (non-hydrogen) atoms. The van der Waals surface area contributed by atoms with Crippen LogP contribution in [0.1, 0.15) is 24.0 Å². The molecule has 1 atom stereocenters. The van der Waals surface area contributed by atoms with Gasteiger partial charge in [-0.3, -0.25) is 0 Å². The van der Waals surface area contributed by atoms with E-state index in [0.717, 1.165) is 31.7 Å². The number of pyridine rings is 1. The van der Waals surface area contributed by atoms with Gasteiger partial charge in [-0.2, -0.15) is 0 Å². The molecule has 0 aliphatic carbocycles. The van der Waals surface area contributed by atoms with Crippen molar-refractivity contribution in [2.75, 3.05) is 11.9 Å². The van der Waals surface area contributed by atoms with Crippen LogP contribution in [0.15, 0.2) is 55.2 Å². The summed E-state index contributed by atoms with van der Waals surface area (Å²) in [6.07, 6.45) is 9.08. The van der Waals surface area contributed by atoms with Gasteiger partial charge in [0.1, 0.15) is 5.75 Å². The molecule has 7 nitrogen and oxygen atoms in total. The highest BCUT2D eigenvalue weighted by Crippen LogP contribution is 2.24. The average molecular weight is 391 g/mol. The van der Waals surface area contributed by atoms with Crippen LogP contribution >= 0.6 is 0 Å². The molecule has 1 aromatic carbocycles. The fourth-order valence-corrected chi connectivity index (χ4v) is 3.54. The lowest BCUT2D eigenvalue weighted by atomic mass is 10.1. The van der Waals surface area contributed by atoms with Crippen LogP contribution in [0.3, 0.4) is 0 Å². The smallest absolute Gasteiger partial charge is 0.322 e. The zero-order valence-corrected chi connectivity index (χ0v) is 16.7. The number of amides is 2. The molecule has 3 aromatic rings. The number of nitrogens with one attached hydrogen (secondary N) is 1. The van der Waals surface area contributed by atoms with E-state index in [2.05, 4.69) is 22.2 Å². The number of carbonyl (C=O) groups is 1. The van der Waals surface area contributed by atoms with Crippen LogP contribution in [-0.4, -0.2) is 38.1 Å². The first-order chi connectivity index (χ1) is 14.1. The van der Waals surface area contributed by atoms with Crippen molar-refractivity contribution in [1.29, 1.82) is 0 Å². The number of aryl methyl sites for hydroxylation is 2. The van der Waals surface area contributed by atoms with Crippen LogP contribution < -0.4 is 10.1 Å². The summed E-state index contributed by atoms with van der Waals surface area (Å²) in [5.74, 6) is 1.24. The molecule has 1 fully saturated rings. The quantitative estimate of drug-likeness (QED) is 0.700. The number of anilines is 1. The van der Waals surface area contributed by atoms with Gasteiger partial charge in [-0.15, -0.1) is 0 Å². The Labute approximate surface area is 170 Å². The first-order valence-corrected chi connectivity index (χ1v) is 9.83. The molecule has 0 spiro atoms. The summed E-state index contributed by atoms with van der Waals surface area (Å²) in [4.78, 5) is 23.0. The van der Waals surface area contributed by atoms with Crippen LogP contribution in [-0.2, 0) is 6.54 Å². The van der Waals surface area contributed by atoms with Gasteiger partial charge >= 0.3 is 6.03 Å². The molecule has 3 heterocycles. The molecular formula is C22H25N5O2. The maximum atomic E-state index is 12.7. The van der Waals surface area contributed by atoms with Crippen LogP contribution in [0.2, 0.25) is 0 Å². The summed E-state index contributed by atoms with van der Waals surface area (Å²) >= 11 is 0. The normalized spacial score (nSPS) is 16.1. The van der Waals surface area contributed by atoms with Crippen LogP contribution in [0, 0.1) is 13.8 Å². The molecule has 7 heteroatoms. The largest absolute Gasteiger partial charge is 0.439 e. The molecule has 0 radical (unpaired) electrons. The molecule has 0 unspecified atom stereocenters. The van der Waals surface area contributed by atoms with Crippen LogP contribution in [0.5, 0.6) is 11.6 Å². The molecule has 4 rings (SSSR count). The molecule has 2 aromatic heterocycles. The molecule has 150 valence electrons. The van der Waals surface area contributed by atoms with Crippen LogP contribution in [0.4, 0.5) is 10.5 Å². The predicted octanol–water partition coefficient (Wildman–Crippen LogP) is 4.38. The zero-order chi connectivity index (χ0) is 20.2. The molecule has 1 saturated heterocycles. The minimum atomic E-state index is -0.0998. The first kappa shape index (κ1) is 19.0. The lowest BCUT2D eigenvalue weighted by Crippen LogP contribution is -2.40. The maximum absolute atomic E-state index is 12.7. The third-order valence-corrected chi connectivity index (χ3v) is 5.31. The highest BCUT2D eigenvalue weighted by Gasteiger charge is 2.29. The van der Waals surface area contributed by atoms with Gasteiger partial charge in [0.05, 0.1) is 24.3 Å². The summed E-state index contributed by atoms with van der Waals surface area (Å²) in [6, 6.07) is 9.57. The van der Waals surface area contributed by atoms with Crippen molar-refractivity contribution in [3.63, 3.8) is 0 Å². The number of rotatable bonds is 5. The highest BCUT2D eigenvalue weighted by molar-refractivity contribution is 5.89. The van der Waals surface area contributed by atoms with E-state index in [4.69, 9.17) is 4.74 Å². The Bertz CT molecular complexity index is 969. The molecule has 0 bridgehead atoms. The van der Waals surface area contributed by atoms with Gasteiger partial charge in [-0.05, 0) is 56.0 Å². The van der Waals surface area contributed by atoms with Crippen LogP contribution in [0.25, 0.3) is 0 Å². The number of likely N-dealkylation sites (tertiary alicyclic amines) is 1. The summed E-state index contributed by atoms with van der Waals surface area (Å²) in [5.41, 5.74) is 3.04. The molecule has 1 aliphatic rings. The molecule has 1 aliphatic heterocycles. The Morgan fingerprint density at radius 1 is 1.24 bits per heavy atom. The van der Waals surface area contributed by atoms with Crippen molar-refractivity contribution in [2.45, 2.75) is 39.3 Å². The van der Waals surface area contributed by atoms with Crippen molar-refractivity contribution in [3.8, 4) is 11.6 Å². The summed E-state index contributed by atoms with van der Waals surface area (Å²) in [6.45, 7) is 5.63. The third kappa shape index (κ3) is 4.56. The van der Waals surface area contributed by atoms with Gasteiger partial charge in [0.2, 0.25) is 5.88 Å². The SMILES string of the molecule is Cc1ccc(Oc2ccc(NC(=O)N3CCC[C@H]3Cn3ccnc3)cn2)cc1C. The molecule has 1 N–H and O–H groups in total. The van der Waals surface area contributed by atoms with E-state index in [1.807, 2.05) is 46.9 Å². The van der Waals surface area contributed by atoms with Crippen molar-refractivity contribution < 1.29 is 9.53 Å². The number of hydrogen-bond acceptors (Lipinski definition) is 4. The average Bonchev–Trinajstić information content (AvgIpc) is 3.39. The minimum absolute atomic E-state index is 0.0998. The topological polar surface area (TPSA) is 72.3 Å². The van der Waals surface area contributed by atoms with E-state index in [9.17, 15) is 4.79 Å². The summed E-state index contributed by atoms with van der Waals surface area (Å²) in [5, 5.41) is 2.95. The van der Waals surface area contributed by atoms with Gasteiger partial charge in [0.15, 0.2) is 0 Å². The number of urea groups is 1. The van der Waals surface area contributed by atoms with Gasteiger partial charge in [-0.25, -0.2) is 14.8 Å². The number of hydrogen-bond donors (Lipinski definition) is 1. The second kappa shape index (κ2) is 8.34. The zero-order valence-electron chi connectivity index (χ0n) is 16.7. The van der Waals surface area contributed by atoms with Gasteiger partial charge in [0.25, 0.3) is 0 Å². The number of aromatic nitrogens is 3. The van der Waals surface area contributed by atoms with Gasteiger partial charge in [-0.1, -0.05) is 6.07 Å². The number of nitrogens with zero attached hydrogens (tertiary/aromatic N) is 4. The Hall–Kier alpha value is -3.35. The Kier molecular flexibility index (Phi) is 5.46. The standard InChI is InChI=1S/C22H25N5O2/c1-16-5-7-20(12-17(16)2)29-21-8-6-18(13-24-21)25-22(28)27-10-3-4-19(27)14-26-11-9-23-15-26/h5-9,11-13,15,19H,3-4,10,14H2,1-2H3,(H,25,28)/t19-/m0/s1. The van der Waals surface area contributed by atoms with E-state index in [0.29, 0.717) is 11.6 Å². The molecular weight excluding hydrogens is 366 g/mol. The van der Waals surface area contributed by atoms with E-state index in [1.165, 1.54) is 11.1 Å². The molecule has 0 saturated carbocycles. The van der Waals surface area contributed by atoms with E-state index >= 15 is 0 Å². The second-order valence-electron chi connectivity index (χ2n) is 7.41. The predicted molar refractivity (Wildman–Crippen MR) is 111 cm³/mol. The monoisotopic (exact) mass is 391 g/mol. The summed E-state index contributed by atoms with van der Waals surface area (Å²) in [7, 11) is 0. The van der Waals surface area contributed by atoms with Gasteiger partial charge < -0.3 is 19.5 Å². The van der Waals surface area contributed by atoms with E-state index < -0.39 is 0 Å². The number of carbonyl (C=O) groups excluding carboxylic acids is 1.